The molecule has 0 rings (SSSR count). The Labute approximate surface area is 140 Å². The van der Waals surface area contributed by atoms with E-state index in [0.29, 0.717) is 0 Å². The maximum absolute atomic E-state index is 10.0. The molecule has 0 saturated carbocycles. The van der Waals surface area contributed by atoms with Crippen LogP contribution in [0.25, 0.3) is 0 Å². The Morgan fingerprint density at radius 3 is 1.26 bits per heavy atom. The van der Waals surface area contributed by atoms with Crippen molar-refractivity contribution in [1.29, 1.82) is 0 Å². The van der Waals surface area contributed by atoms with Crippen molar-refractivity contribution in [3.05, 3.63) is 13.8 Å². The third-order valence-electron chi connectivity index (χ3n) is 1.24. The molecular weight excluding hydrogens is 329 g/mol. The second kappa shape index (κ2) is 15.8. The number of esters is 2. The number of hydrogen-bond acceptors (Lipinski definition) is 6. The maximum atomic E-state index is 10.0. The van der Waals surface area contributed by atoms with Crippen LogP contribution in [0.4, 0.5) is 0 Å². The van der Waals surface area contributed by atoms with Crippen LogP contribution < -0.4 is 0 Å². The first-order valence-electron chi connectivity index (χ1n) is 5.46. The van der Waals surface area contributed by atoms with Gasteiger partial charge in [0.15, 0.2) is 25.5 Å². The Balaban J connectivity index is -0.000000256. The Bertz CT molecular complexity index is 206. The van der Waals surface area contributed by atoms with Crippen molar-refractivity contribution in [3.8, 4) is 0 Å². The molecule has 111 valence electrons. The van der Waals surface area contributed by atoms with E-state index in [1.807, 2.05) is 27.7 Å². The van der Waals surface area contributed by atoms with E-state index < -0.39 is 11.9 Å². The van der Waals surface area contributed by atoms with E-state index in [-0.39, 0.29) is 58.5 Å². The zero-order valence-electron chi connectivity index (χ0n) is 12.0. The Kier molecular flexibility index (Phi) is 19.7. The van der Waals surface area contributed by atoms with Crippen LogP contribution in [0.2, 0.25) is 0 Å². The summed E-state index contributed by atoms with van der Waals surface area (Å²) in [5, 5.41) is 0. The van der Waals surface area contributed by atoms with Crippen molar-refractivity contribution < 1.29 is 61.2 Å². The summed E-state index contributed by atoms with van der Waals surface area (Å²) in [5.74, 6) is -1.12. The first kappa shape index (κ1) is 23.8. The van der Waals surface area contributed by atoms with Gasteiger partial charge < -0.3 is 18.9 Å². The molecule has 0 spiro atoms. The third-order valence-corrected chi connectivity index (χ3v) is 1.24. The van der Waals surface area contributed by atoms with E-state index in [0.717, 1.165) is 0 Å². The standard InChI is InChI=1S/2C6H11O3.Y/c2*1-5(2)8-4-9-6(3)7;/h2*5H,3-4H2,1-2H3;/q2*-1;. The average molecular weight is 351 g/mol. The number of rotatable bonds is 6. The van der Waals surface area contributed by atoms with Gasteiger partial charge >= 0.3 is 0 Å². The summed E-state index contributed by atoms with van der Waals surface area (Å²) in [5.41, 5.74) is 0. The van der Waals surface area contributed by atoms with Crippen LogP contribution in [-0.4, -0.2) is 37.7 Å². The fourth-order valence-electron chi connectivity index (χ4n) is 0.472. The van der Waals surface area contributed by atoms with Gasteiger partial charge in [-0.25, -0.2) is 0 Å². The second-order valence-corrected chi connectivity index (χ2v) is 3.70. The van der Waals surface area contributed by atoms with E-state index >= 15 is 0 Å². The van der Waals surface area contributed by atoms with Crippen molar-refractivity contribution in [3.63, 3.8) is 0 Å². The molecule has 0 aliphatic carbocycles. The second-order valence-electron chi connectivity index (χ2n) is 3.70. The Hall–Kier alpha value is -0.296. The molecule has 0 aliphatic rings. The van der Waals surface area contributed by atoms with Crippen LogP contribution in [0.1, 0.15) is 27.7 Å². The summed E-state index contributed by atoms with van der Waals surface area (Å²) < 4.78 is 18.5. The summed E-state index contributed by atoms with van der Waals surface area (Å²) >= 11 is 0. The van der Waals surface area contributed by atoms with Crippen LogP contribution in [0.15, 0.2) is 0 Å². The average Bonchev–Trinajstić information content (AvgIpc) is 2.15. The first-order chi connectivity index (χ1) is 8.25. The minimum atomic E-state index is -0.560. The molecule has 0 heterocycles. The molecule has 0 amide bonds. The zero-order chi connectivity index (χ0) is 14.6. The summed E-state index contributed by atoms with van der Waals surface area (Å²) in [7, 11) is 0. The maximum Gasteiger partial charge on any atom is 0.189 e. The molecule has 0 unspecified atom stereocenters. The molecule has 6 nitrogen and oxygen atoms in total. The van der Waals surface area contributed by atoms with Crippen molar-refractivity contribution >= 4 is 11.9 Å². The summed E-state index contributed by atoms with van der Waals surface area (Å²) in [4.78, 5) is 20.0. The molecule has 0 saturated heterocycles. The van der Waals surface area contributed by atoms with Crippen molar-refractivity contribution in [1.82, 2.24) is 0 Å². The quantitative estimate of drug-likeness (QED) is 0.410. The minimum absolute atomic E-state index is 0. The predicted molar refractivity (Wildman–Crippen MR) is 65.1 cm³/mol. The van der Waals surface area contributed by atoms with Gasteiger partial charge in [-0.2, -0.15) is 0 Å². The monoisotopic (exact) mass is 351 g/mol. The van der Waals surface area contributed by atoms with Crippen molar-refractivity contribution in [2.75, 3.05) is 13.6 Å². The molecule has 0 aromatic rings. The van der Waals surface area contributed by atoms with Gasteiger partial charge in [-0.1, -0.05) is 0 Å². The van der Waals surface area contributed by atoms with Crippen LogP contribution in [0.3, 0.4) is 0 Å². The van der Waals surface area contributed by atoms with Crippen LogP contribution in [-0.2, 0) is 61.2 Å². The molecule has 0 aromatic heterocycles. The molecule has 0 N–H and O–H groups in total. The molecule has 1 radical (unpaired) electrons. The van der Waals surface area contributed by atoms with E-state index in [2.05, 4.69) is 23.3 Å². The first-order valence-corrected chi connectivity index (χ1v) is 5.46. The SMILES string of the molecule is [CH2-]C(=O)OCOC(C)C.[CH2-]C(=O)OCOC(C)C.[Y]. The van der Waals surface area contributed by atoms with Gasteiger partial charge in [-0.15, -0.1) is 0 Å². The van der Waals surface area contributed by atoms with Crippen LogP contribution in [0, 0.1) is 13.8 Å². The fourth-order valence-corrected chi connectivity index (χ4v) is 0.472. The van der Waals surface area contributed by atoms with Gasteiger partial charge in [-0.05, 0) is 27.7 Å². The van der Waals surface area contributed by atoms with Crippen LogP contribution >= 0.6 is 0 Å². The van der Waals surface area contributed by atoms with Gasteiger partial charge in [0.25, 0.3) is 0 Å². The fraction of sp³-hybridized carbons (Fsp3) is 0.667. The number of ether oxygens (including phenoxy) is 4. The number of carbonyl (C=O) groups is 2. The Morgan fingerprint density at radius 1 is 0.842 bits per heavy atom. The number of carbonyl (C=O) groups excluding carboxylic acids is 2. The molecule has 0 aliphatic heterocycles. The third kappa shape index (κ3) is 31.9. The molecule has 0 fully saturated rings. The summed E-state index contributed by atoms with van der Waals surface area (Å²) in [6.07, 6.45) is 0.175. The summed E-state index contributed by atoms with van der Waals surface area (Å²) in [6.45, 7) is 13.4. The predicted octanol–water partition coefficient (Wildman–Crippen LogP) is 1.49. The van der Waals surface area contributed by atoms with Crippen molar-refractivity contribution in [2.45, 2.75) is 39.9 Å². The number of hydrogen-bond donors (Lipinski definition) is 0. The molecule has 0 bridgehead atoms. The molecule has 19 heavy (non-hydrogen) atoms. The van der Waals surface area contributed by atoms with E-state index in [4.69, 9.17) is 9.47 Å². The Morgan fingerprint density at radius 2 is 1.11 bits per heavy atom. The normalized spacial score (nSPS) is 9.16. The van der Waals surface area contributed by atoms with E-state index in [1.54, 1.807) is 0 Å². The summed E-state index contributed by atoms with van der Waals surface area (Å²) in [6, 6.07) is 0. The van der Waals surface area contributed by atoms with Gasteiger partial charge in [0.05, 0.1) is 12.2 Å². The topological polar surface area (TPSA) is 71.1 Å². The van der Waals surface area contributed by atoms with Gasteiger partial charge in [0.1, 0.15) is 0 Å². The van der Waals surface area contributed by atoms with E-state index in [9.17, 15) is 9.59 Å². The van der Waals surface area contributed by atoms with Crippen LogP contribution in [0.5, 0.6) is 0 Å². The molecule has 7 heteroatoms. The van der Waals surface area contributed by atoms with Gasteiger partial charge in [0, 0.05) is 32.7 Å². The molecule has 0 aromatic carbocycles. The van der Waals surface area contributed by atoms with Crippen molar-refractivity contribution in [2.24, 2.45) is 0 Å². The van der Waals surface area contributed by atoms with Gasteiger partial charge in [-0.3, -0.25) is 23.4 Å². The largest absolute Gasteiger partial charge is 0.462 e. The minimum Gasteiger partial charge on any atom is -0.462 e. The zero-order valence-corrected chi connectivity index (χ0v) is 14.8. The van der Waals surface area contributed by atoms with Gasteiger partial charge in [0.2, 0.25) is 0 Å². The molecular formula is C12H22O6Y-2. The smallest absolute Gasteiger partial charge is 0.189 e. The van der Waals surface area contributed by atoms with E-state index in [1.165, 1.54) is 0 Å². The molecule has 0 atom stereocenters.